The van der Waals surface area contributed by atoms with Gasteiger partial charge in [-0.05, 0) is 6.92 Å². The molecule has 0 spiro atoms. The van der Waals surface area contributed by atoms with E-state index in [1.54, 1.807) is 0 Å². The number of aliphatic hydroxyl groups is 2. The number of halogens is 1. The molecule has 0 amide bonds. The molecule has 2 aliphatic rings. The number of aromatic nitrogens is 2. The number of nitrogens with zero attached hydrogens (tertiary/aromatic N) is 3. The van der Waals surface area contributed by atoms with Gasteiger partial charge < -0.3 is 20.3 Å². The molecule has 0 bridgehead atoms. The van der Waals surface area contributed by atoms with Crippen LogP contribution in [0.3, 0.4) is 0 Å². The van der Waals surface area contributed by atoms with Crippen molar-refractivity contribution in [2.24, 2.45) is 5.10 Å². The van der Waals surface area contributed by atoms with Gasteiger partial charge in [0.1, 0.15) is 24.7 Å². The van der Waals surface area contributed by atoms with Gasteiger partial charge in [0.15, 0.2) is 12.0 Å². The summed E-state index contributed by atoms with van der Waals surface area (Å²) in [4.78, 5) is 4.19. The highest BCUT2D eigenvalue weighted by Gasteiger charge is 2.46. The van der Waals surface area contributed by atoms with Gasteiger partial charge in [-0.15, -0.1) is 0 Å². The van der Waals surface area contributed by atoms with Crippen molar-refractivity contribution in [2.75, 3.05) is 6.61 Å². The monoisotopic (exact) mass is 270 g/mol. The van der Waals surface area contributed by atoms with Crippen molar-refractivity contribution < 1.29 is 19.3 Å². The first kappa shape index (κ1) is 12.5. The normalized spacial score (nSPS) is 37.2. The van der Waals surface area contributed by atoms with E-state index in [9.17, 15) is 9.50 Å². The molecular formula is C11H15FN4O3. The van der Waals surface area contributed by atoms with E-state index in [0.717, 1.165) is 0 Å². The number of hydrogen-bond donors (Lipinski definition) is 3. The third-order valence-corrected chi connectivity index (χ3v) is 3.46. The quantitative estimate of drug-likeness (QED) is 0.672. The fourth-order valence-electron chi connectivity index (χ4n) is 2.38. The highest BCUT2D eigenvalue weighted by molar-refractivity contribution is 5.56. The van der Waals surface area contributed by atoms with Crippen LogP contribution in [-0.4, -0.2) is 51.2 Å². The second kappa shape index (κ2) is 4.55. The van der Waals surface area contributed by atoms with Gasteiger partial charge in [-0.3, -0.25) is 0 Å². The Morgan fingerprint density at radius 3 is 3.05 bits per heavy atom. The van der Waals surface area contributed by atoms with E-state index in [1.165, 1.54) is 17.2 Å². The summed E-state index contributed by atoms with van der Waals surface area (Å²) in [5.74, 6) is 0.648. The molecule has 5 atom stereocenters. The number of imidazole rings is 1. The Balaban J connectivity index is 1.94. The summed E-state index contributed by atoms with van der Waals surface area (Å²) >= 11 is 0. The second-order valence-electron chi connectivity index (χ2n) is 4.70. The number of ether oxygens (including phenoxy) is 1. The molecule has 1 aromatic heterocycles. The molecule has 0 radical (unpaired) electrons. The fraction of sp³-hybridized carbons (Fsp3) is 0.636. The predicted octanol–water partition coefficient (Wildman–Crippen LogP) is -0.530. The molecule has 19 heavy (non-hydrogen) atoms. The summed E-state index contributed by atoms with van der Waals surface area (Å²) in [7, 11) is 0. The molecule has 8 heteroatoms. The van der Waals surface area contributed by atoms with E-state index in [2.05, 4.69) is 15.4 Å². The van der Waals surface area contributed by atoms with Crippen molar-refractivity contribution in [1.29, 1.82) is 0 Å². The molecule has 3 rings (SSSR count). The topological polar surface area (TPSA) is 91.9 Å². The van der Waals surface area contributed by atoms with Gasteiger partial charge in [0, 0.05) is 0 Å². The van der Waals surface area contributed by atoms with E-state index in [0.29, 0.717) is 11.5 Å². The average Bonchev–Trinajstić information content (AvgIpc) is 2.94. The van der Waals surface area contributed by atoms with Crippen LogP contribution >= 0.6 is 0 Å². The van der Waals surface area contributed by atoms with Crippen LogP contribution in [0.15, 0.2) is 11.3 Å². The molecule has 1 saturated heterocycles. The number of rotatable bonds is 2. The number of alkyl halides is 1. The van der Waals surface area contributed by atoms with E-state index < -0.39 is 31.1 Å². The standard InChI is InChI=1S/C11H15FN4O3/c1-5-11-13-2-6(16(11)15-4-14-5)10-8(12)9(18)7(3-17)19-10/h2,4-5,7-10,17-18H,3H2,1H3,(H,14,15)/t5?,7-,8-,9-,10+/m1/s1. The van der Waals surface area contributed by atoms with E-state index in [-0.39, 0.29) is 6.04 Å². The summed E-state index contributed by atoms with van der Waals surface area (Å²) in [6.07, 6.45) is -1.86. The Labute approximate surface area is 108 Å². The maximum absolute atomic E-state index is 14.1. The minimum atomic E-state index is -1.61. The molecule has 1 aromatic rings. The van der Waals surface area contributed by atoms with Crippen LogP contribution in [-0.2, 0) is 4.74 Å². The smallest absolute Gasteiger partial charge is 0.160 e. The third kappa shape index (κ3) is 1.83. The molecule has 3 N–H and O–H groups in total. The lowest BCUT2D eigenvalue weighted by molar-refractivity contribution is -0.0245. The predicted molar refractivity (Wildman–Crippen MR) is 63.3 cm³/mol. The SMILES string of the molecule is CC1NC=Nn2c([C@@H]3O[C@H](CO)[C@@H](O)[C@H]3F)cnc21. The van der Waals surface area contributed by atoms with Crippen LogP contribution in [0.4, 0.5) is 4.39 Å². The number of hydrogen-bond acceptors (Lipinski definition) is 6. The molecule has 7 nitrogen and oxygen atoms in total. The van der Waals surface area contributed by atoms with Gasteiger partial charge in [-0.2, -0.15) is 5.10 Å². The van der Waals surface area contributed by atoms with Gasteiger partial charge in [-0.1, -0.05) is 0 Å². The summed E-state index contributed by atoms with van der Waals surface area (Å²) in [5, 5.41) is 25.7. The molecule has 2 aliphatic heterocycles. The van der Waals surface area contributed by atoms with E-state index in [1.807, 2.05) is 6.92 Å². The Kier molecular flexibility index (Phi) is 3.00. The zero-order valence-electron chi connectivity index (χ0n) is 10.3. The van der Waals surface area contributed by atoms with Crippen molar-refractivity contribution in [3.05, 3.63) is 17.7 Å². The van der Waals surface area contributed by atoms with Crippen LogP contribution < -0.4 is 5.32 Å². The number of fused-ring (bicyclic) bond motifs is 1. The highest BCUT2D eigenvalue weighted by Crippen LogP contribution is 2.36. The fourth-order valence-corrected chi connectivity index (χ4v) is 2.38. The molecule has 104 valence electrons. The van der Waals surface area contributed by atoms with Crippen LogP contribution in [0.2, 0.25) is 0 Å². The summed E-state index contributed by atoms with van der Waals surface area (Å²) in [6, 6.07) is -0.0377. The van der Waals surface area contributed by atoms with Crippen molar-refractivity contribution >= 4 is 6.34 Å². The van der Waals surface area contributed by atoms with Crippen LogP contribution in [0, 0.1) is 0 Å². The first-order chi connectivity index (χ1) is 9.13. The summed E-state index contributed by atoms with van der Waals surface area (Å²) in [5.41, 5.74) is 0.433. The second-order valence-corrected chi connectivity index (χ2v) is 4.70. The molecular weight excluding hydrogens is 255 g/mol. The van der Waals surface area contributed by atoms with Crippen molar-refractivity contribution in [2.45, 2.75) is 37.4 Å². The van der Waals surface area contributed by atoms with Crippen molar-refractivity contribution in [3.63, 3.8) is 0 Å². The number of nitrogens with one attached hydrogen (secondary N) is 1. The van der Waals surface area contributed by atoms with Crippen LogP contribution in [0.1, 0.15) is 30.6 Å². The molecule has 0 aliphatic carbocycles. The minimum Gasteiger partial charge on any atom is -0.394 e. The van der Waals surface area contributed by atoms with E-state index >= 15 is 0 Å². The largest absolute Gasteiger partial charge is 0.394 e. The third-order valence-electron chi connectivity index (χ3n) is 3.46. The Bertz CT molecular complexity index is 506. The van der Waals surface area contributed by atoms with E-state index in [4.69, 9.17) is 9.84 Å². The molecule has 0 aromatic carbocycles. The van der Waals surface area contributed by atoms with Crippen LogP contribution in [0.5, 0.6) is 0 Å². The van der Waals surface area contributed by atoms with Gasteiger partial charge in [0.05, 0.1) is 24.5 Å². The lowest BCUT2D eigenvalue weighted by Gasteiger charge is -2.19. The lowest BCUT2D eigenvalue weighted by Crippen LogP contribution is -2.30. The molecule has 3 heterocycles. The molecule has 0 saturated carbocycles. The van der Waals surface area contributed by atoms with Gasteiger partial charge in [0.2, 0.25) is 0 Å². The Hall–Kier alpha value is -1.51. The first-order valence-electron chi connectivity index (χ1n) is 6.08. The number of aliphatic hydroxyl groups excluding tert-OH is 2. The Morgan fingerprint density at radius 1 is 1.58 bits per heavy atom. The maximum atomic E-state index is 14.1. The zero-order chi connectivity index (χ0) is 13.6. The van der Waals surface area contributed by atoms with Gasteiger partial charge in [0.25, 0.3) is 0 Å². The van der Waals surface area contributed by atoms with Crippen LogP contribution in [0.25, 0.3) is 0 Å². The first-order valence-corrected chi connectivity index (χ1v) is 6.08. The minimum absolute atomic E-state index is 0.0377. The lowest BCUT2D eigenvalue weighted by atomic mass is 10.1. The van der Waals surface area contributed by atoms with Gasteiger partial charge >= 0.3 is 0 Å². The maximum Gasteiger partial charge on any atom is 0.160 e. The summed E-state index contributed by atoms with van der Waals surface area (Å²) in [6.45, 7) is 1.47. The molecule has 1 fully saturated rings. The Morgan fingerprint density at radius 2 is 2.37 bits per heavy atom. The van der Waals surface area contributed by atoms with Crippen molar-refractivity contribution in [1.82, 2.24) is 15.0 Å². The average molecular weight is 270 g/mol. The molecule has 1 unspecified atom stereocenters. The van der Waals surface area contributed by atoms with Gasteiger partial charge in [-0.25, -0.2) is 14.1 Å². The highest BCUT2D eigenvalue weighted by atomic mass is 19.1. The summed E-state index contributed by atoms with van der Waals surface area (Å²) < 4.78 is 20.9. The zero-order valence-corrected chi connectivity index (χ0v) is 10.3. The van der Waals surface area contributed by atoms with Crippen molar-refractivity contribution in [3.8, 4) is 0 Å².